The van der Waals surface area contributed by atoms with Gasteiger partial charge in [-0.15, -0.1) is 0 Å². The zero-order valence-electron chi connectivity index (χ0n) is 11.6. The van der Waals surface area contributed by atoms with Gasteiger partial charge in [-0.3, -0.25) is 0 Å². The molecule has 0 amide bonds. The van der Waals surface area contributed by atoms with Crippen LogP contribution in [0.2, 0.25) is 0 Å². The first-order valence-corrected chi connectivity index (χ1v) is 7.52. The predicted molar refractivity (Wildman–Crippen MR) is 75.1 cm³/mol. The lowest BCUT2D eigenvalue weighted by atomic mass is 10.1. The highest BCUT2D eigenvalue weighted by molar-refractivity contribution is 5.22. The molecule has 1 aromatic carbocycles. The van der Waals surface area contributed by atoms with Gasteiger partial charge in [0.15, 0.2) is 0 Å². The molecule has 0 heterocycles. The molecule has 0 aromatic heterocycles. The van der Waals surface area contributed by atoms with Crippen LogP contribution in [0.25, 0.3) is 0 Å². The molecule has 0 radical (unpaired) electrons. The van der Waals surface area contributed by atoms with Gasteiger partial charge in [-0.05, 0) is 61.8 Å². The van der Waals surface area contributed by atoms with Crippen molar-refractivity contribution < 1.29 is 14.2 Å². The molecule has 110 valence electrons. The summed E-state index contributed by atoms with van der Waals surface area (Å²) >= 11 is 0. The van der Waals surface area contributed by atoms with E-state index in [1.807, 2.05) is 0 Å². The fraction of sp³-hybridized carbons (Fsp3) is 0.625. The van der Waals surface area contributed by atoms with Gasteiger partial charge in [0.1, 0.15) is 24.3 Å². The standard InChI is InChI=1S/C16H22FNO2/c17-13-5-7-15(8-6-13)20-10-14(19)9-18-16(11-1-2-11)12-3-4-12/h5-8,11-12,14,16,18-19H,1-4,9-10H2. The number of aliphatic hydroxyl groups excluding tert-OH is 1. The number of hydrogen-bond acceptors (Lipinski definition) is 3. The molecule has 0 bridgehead atoms. The lowest BCUT2D eigenvalue weighted by Crippen LogP contribution is -2.40. The highest BCUT2D eigenvalue weighted by atomic mass is 19.1. The Bertz CT molecular complexity index is 417. The summed E-state index contributed by atoms with van der Waals surface area (Å²) in [5.74, 6) is 1.96. The predicted octanol–water partition coefficient (Wildman–Crippen LogP) is 2.34. The largest absolute Gasteiger partial charge is 0.491 e. The van der Waals surface area contributed by atoms with Crippen LogP contribution in [-0.2, 0) is 0 Å². The van der Waals surface area contributed by atoms with Crippen LogP contribution in [0.4, 0.5) is 4.39 Å². The van der Waals surface area contributed by atoms with Crippen LogP contribution < -0.4 is 10.1 Å². The maximum Gasteiger partial charge on any atom is 0.123 e. The van der Waals surface area contributed by atoms with Crippen LogP contribution in [0.3, 0.4) is 0 Å². The lowest BCUT2D eigenvalue weighted by Gasteiger charge is -2.20. The van der Waals surface area contributed by atoms with E-state index in [9.17, 15) is 9.50 Å². The molecule has 2 fully saturated rings. The fourth-order valence-electron chi connectivity index (χ4n) is 2.68. The molecular formula is C16H22FNO2. The fourth-order valence-corrected chi connectivity index (χ4v) is 2.68. The summed E-state index contributed by atoms with van der Waals surface area (Å²) < 4.78 is 18.2. The summed E-state index contributed by atoms with van der Waals surface area (Å²) in [5, 5.41) is 13.5. The number of nitrogens with one attached hydrogen (secondary N) is 1. The molecule has 2 aliphatic rings. The van der Waals surface area contributed by atoms with Crippen LogP contribution in [0.1, 0.15) is 25.7 Å². The molecular weight excluding hydrogens is 257 g/mol. The summed E-state index contributed by atoms with van der Waals surface area (Å²) in [6.07, 6.45) is 4.79. The van der Waals surface area contributed by atoms with Crippen LogP contribution >= 0.6 is 0 Å². The first-order valence-electron chi connectivity index (χ1n) is 7.52. The minimum atomic E-state index is -0.528. The summed E-state index contributed by atoms with van der Waals surface area (Å²) in [7, 11) is 0. The maximum atomic E-state index is 12.7. The van der Waals surface area contributed by atoms with E-state index in [0.29, 0.717) is 18.3 Å². The normalized spacial score (nSPS) is 20.1. The Morgan fingerprint density at radius 3 is 2.30 bits per heavy atom. The van der Waals surface area contributed by atoms with Crippen molar-refractivity contribution in [2.75, 3.05) is 13.2 Å². The molecule has 2 saturated carbocycles. The molecule has 3 nitrogen and oxygen atoms in total. The Morgan fingerprint density at radius 1 is 1.15 bits per heavy atom. The first-order chi connectivity index (χ1) is 9.72. The van der Waals surface area contributed by atoms with Gasteiger partial charge < -0.3 is 15.2 Å². The van der Waals surface area contributed by atoms with Crippen LogP contribution in [0.5, 0.6) is 5.75 Å². The van der Waals surface area contributed by atoms with Crippen LogP contribution in [-0.4, -0.2) is 30.4 Å². The van der Waals surface area contributed by atoms with Gasteiger partial charge in [0.2, 0.25) is 0 Å². The monoisotopic (exact) mass is 279 g/mol. The van der Waals surface area contributed by atoms with Crippen molar-refractivity contribution in [3.63, 3.8) is 0 Å². The molecule has 0 spiro atoms. The van der Waals surface area contributed by atoms with E-state index in [1.165, 1.54) is 37.8 Å². The number of aliphatic hydroxyl groups is 1. The van der Waals surface area contributed by atoms with Crippen molar-refractivity contribution in [3.8, 4) is 5.75 Å². The van der Waals surface area contributed by atoms with Crippen molar-refractivity contribution >= 4 is 0 Å². The lowest BCUT2D eigenvalue weighted by molar-refractivity contribution is 0.101. The molecule has 0 aliphatic heterocycles. The Balaban J connectivity index is 1.38. The average molecular weight is 279 g/mol. The van der Waals surface area contributed by atoms with Crippen molar-refractivity contribution in [2.45, 2.75) is 37.8 Å². The van der Waals surface area contributed by atoms with E-state index in [1.54, 1.807) is 12.1 Å². The van der Waals surface area contributed by atoms with E-state index in [0.717, 1.165) is 11.8 Å². The molecule has 0 saturated heterocycles. The number of hydrogen-bond donors (Lipinski definition) is 2. The highest BCUT2D eigenvalue weighted by Gasteiger charge is 2.41. The first kappa shape index (κ1) is 13.8. The molecule has 1 aromatic rings. The van der Waals surface area contributed by atoms with Crippen molar-refractivity contribution in [3.05, 3.63) is 30.1 Å². The van der Waals surface area contributed by atoms with Gasteiger partial charge in [0.05, 0.1) is 0 Å². The van der Waals surface area contributed by atoms with E-state index >= 15 is 0 Å². The molecule has 2 aliphatic carbocycles. The summed E-state index contributed by atoms with van der Waals surface area (Å²) in [5.41, 5.74) is 0. The van der Waals surface area contributed by atoms with Gasteiger partial charge in [-0.2, -0.15) is 0 Å². The third-order valence-corrected chi connectivity index (χ3v) is 4.10. The Morgan fingerprint density at radius 2 is 1.75 bits per heavy atom. The quantitative estimate of drug-likeness (QED) is 0.767. The molecule has 1 unspecified atom stereocenters. The highest BCUT2D eigenvalue weighted by Crippen LogP contribution is 2.44. The van der Waals surface area contributed by atoms with E-state index in [4.69, 9.17) is 4.74 Å². The van der Waals surface area contributed by atoms with Gasteiger partial charge in [-0.25, -0.2) is 4.39 Å². The summed E-state index contributed by atoms with van der Waals surface area (Å²) in [6.45, 7) is 0.805. The Hall–Kier alpha value is -1.13. The van der Waals surface area contributed by atoms with Gasteiger partial charge in [0, 0.05) is 12.6 Å². The number of ether oxygens (including phenoxy) is 1. The Kier molecular flexibility index (Phi) is 4.22. The van der Waals surface area contributed by atoms with Gasteiger partial charge in [-0.1, -0.05) is 0 Å². The van der Waals surface area contributed by atoms with E-state index in [2.05, 4.69) is 5.32 Å². The summed E-state index contributed by atoms with van der Waals surface area (Å²) in [4.78, 5) is 0. The smallest absolute Gasteiger partial charge is 0.123 e. The van der Waals surface area contributed by atoms with E-state index in [-0.39, 0.29) is 12.4 Å². The van der Waals surface area contributed by atoms with Crippen LogP contribution in [0, 0.1) is 17.7 Å². The van der Waals surface area contributed by atoms with Gasteiger partial charge >= 0.3 is 0 Å². The van der Waals surface area contributed by atoms with Gasteiger partial charge in [0.25, 0.3) is 0 Å². The topological polar surface area (TPSA) is 41.5 Å². The third kappa shape index (κ3) is 3.93. The minimum Gasteiger partial charge on any atom is -0.491 e. The zero-order chi connectivity index (χ0) is 13.9. The van der Waals surface area contributed by atoms with Crippen molar-refractivity contribution in [2.24, 2.45) is 11.8 Å². The second kappa shape index (κ2) is 6.10. The molecule has 2 N–H and O–H groups in total. The summed E-state index contributed by atoms with van der Waals surface area (Å²) in [6, 6.07) is 6.46. The number of benzene rings is 1. The molecule has 1 atom stereocenters. The number of halogens is 1. The van der Waals surface area contributed by atoms with E-state index < -0.39 is 6.10 Å². The molecule has 3 rings (SSSR count). The molecule has 4 heteroatoms. The minimum absolute atomic E-state index is 0.237. The van der Waals surface area contributed by atoms with Crippen LogP contribution in [0.15, 0.2) is 24.3 Å². The SMILES string of the molecule is OC(CNC(C1CC1)C1CC1)COc1ccc(F)cc1. The molecule has 20 heavy (non-hydrogen) atoms. The van der Waals surface area contributed by atoms with Crippen molar-refractivity contribution in [1.29, 1.82) is 0 Å². The zero-order valence-corrected chi connectivity index (χ0v) is 11.6. The third-order valence-electron chi connectivity index (χ3n) is 4.10. The second-order valence-corrected chi connectivity index (χ2v) is 6.03. The van der Waals surface area contributed by atoms with Crippen molar-refractivity contribution in [1.82, 2.24) is 5.32 Å². The maximum absolute atomic E-state index is 12.7. The Labute approximate surface area is 119 Å². The number of rotatable bonds is 8. The second-order valence-electron chi connectivity index (χ2n) is 6.03. The average Bonchev–Trinajstić information content (AvgIpc) is 3.31.